The van der Waals surface area contributed by atoms with Crippen molar-refractivity contribution < 1.29 is 9.53 Å². The first kappa shape index (κ1) is 12.7. The van der Waals surface area contributed by atoms with Crippen LogP contribution in [0.15, 0.2) is 0 Å². The molecule has 3 heteroatoms. The van der Waals surface area contributed by atoms with E-state index in [0.29, 0.717) is 12.6 Å². The molecule has 1 heterocycles. The van der Waals surface area contributed by atoms with Gasteiger partial charge in [-0.2, -0.15) is 0 Å². The molecule has 0 N–H and O–H groups in total. The van der Waals surface area contributed by atoms with Crippen LogP contribution >= 0.6 is 0 Å². The first-order valence-electron chi connectivity index (χ1n) is 5.88. The van der Waals surface area contributed by atoms with E-state index < -0.39 is 0 Å². The van der Waals surface area contributed by atoms with Crippen LogP contribution in [0.3, 0.4) is 0 Å². The van der Waals surface area contributed by atoms with Crippen LogP contribution in [0.4, 0.5) is 0 Å². The summed E-state index contributed by atoms with van der Waals surface area (Å²) in [5.74, 6) is 0. The molecule has 1 saturated heterocycles. The Labute approximate surface area is 92.8 Å². The molecule has 1 rings (SSSR count). The fourth-order valence-electron chi connectivity index (χ4n) is 2.17. The molecular formula is C12H23NO2. The van der Waals surface area contributed by atoms with Gasteiger partial charge in [0.2, 0.25) is 0 Å². The number of aldehydes is 1. The number of nitrogens with zero attached hydrogens (tertiary/aromatic N) is 1. The summed E-state index contributed by atoms with van der Waals surface area (Å²) in [6, 6.07) is 0.549. The number of rotatable bonds is 6. The third kappa shape index (κ3) is 3.28. The summed E-state index contributed by atoms with van der Waals surface area (Å²) in [6.07, 6.45) is 4.34. The topological polar surface area (TPSA) is 29.5 Å². The van der Waals surface area contributed by atoms with Gasteiger partial charge in [0.05, 0.1) is 12.0 Å². The Morgan fingerprint density at radius 3 is 2.80 bits per heavy atom. The highest BCUT2D eigenvalue weighted by molar-refractivity contribution is 5.60. The summed E-state index contributed by atoms with van der Waals surface area (Å²) in [6.45, 7) is 6.57. The molecule has 0 aromatic rings. The van der Waals surface area contributed by atoms with Gasteiger partial charge in [0, 0.05) is 19.2 Å². The smallest absolute Gasteiger partial charge is 0.129 e. The molecule has 0 aromatic heterocycles. The molecule has 1 aliphatic rings. The second-order valence-corrected chi connectivity index (χ2v) is 4.84. The molecule has 1 fully saturated rings. The van der Waals surface area contributed by atoms with E-state index in [0.717, 1.165) is 25.9 Å². The van der Waals surface area contributed by atoms with Crippen LogP contribution < -0.4 is 0 Å². The summed E-state index contributed by atoms with van der Waals surface area (Å²) >= 11 is 0. The SMILES string of the molecule is CCCC(C)N(C)CC1(C=O)CCOC1. The Kier molecular flexibility index (Phi) is 4.74. The molecule has 0 bridgehead atoms. The highest BCUT2D eigenvalue weighted by Gasteiger charge is 2.36. The van der Waals surface area contributed by atoms with Gasteiger partial charge in [-0.3, -0.25) is 0 Å². The van der Waals surface area contributed by atoms with Crippen LogP contribution in [0, 0.1) is 5.41 Å². The number of carbonyl (C=O) groups is 1. The van der Waals surface area contributed by atoms with E-state index in [4.69, 9.17) is 4.74 Å². The normalized spacial score (nSPS) is 28.3. The maximum absolute atomic E-state index is 11.1. The van der Waals surface area contributed by atoms with E-state index >= 15 is 0 Å². The predicted octanol–water partition coefficient (Wildman–Crippen LogP) is 1.71. The average molecular weight is 213 g/mol. The maximum atomic E-state index is 11.1. The lowest BCUT2D eigenvalue weighted by molar-refractivity contribution is -0.117. The minimum Gasteiger partial charge on any atom is -0.380 e. The second kappa shape index (κ2) is 5.61. The molecule has 0 aromatic carbocycles. The van der Waals surface area contributed by atoms with Gasteiger partial charge in [0.15, 0.2) is 0 Å². The first-order chi connectivity index (χ1) is 7.13. The minimum absolute atomic E-state index is 0.239. The average Bonchev–Trinajstić information content (AvgIpc) is 2.67. The molecule has 2 unspecified atom stereocenters. The molecule has 0 radical (unpaired) electrons. The molecule has 1 aliphatic heterocycles. The van der Waals surface area contributed by atoms with Crippen molar-refractivity contribution in [2.45, 2.75) is 39.2 Å². The van der Waals surface area contributed by atoms with Crippen LogP contribution in [0.2, 0.25) is 0 Å². The zero-order valence-corrected chi connectivity index (χ0v) is 10.2. The van der Waals surface area contributed by atoms with Crippen molar-refractivity contribution in [2.75, 3.05) is 26.8 Å². The predicted molar refractivity (Wildman–Crippen MR) is 60.9 cm³/mol. The van der Waals surface area contributed by atoms with E-state index in [-0.39, 0.29) is 5.41 Å². The van der Waals surface area contributed by atoms with Gasteiger partial charge in [0.1, 0.15) is 6.29 Å². The monoisotopic (exact) mass is 213 g/mol. The molecule has 0 amide bonds. The zero-order chi connectivity index (χ0) is 11.3. The van der Waals surface area contributed by atoms with Gasteiger partial charge in [-0.1, -0.05) is 13.3 Å². The standard InChI is InChI=1S/C12H23NO2/c1-4-5-11(2)13(3)8-12(9-14)6-7-15-10-12/h9,11H,4-8,10H2,1-3H3. The van der Waals surface area contributed by atoms with Gasteiger partial charge in [-0.05, 0) is 26.8 Å². The first-order valence-corrected chi connectivity index (χ1v) is 5.88. The Balaban J connectivity index is 2.47. The fourth-order valence-corrected chi connectivity index (χ4v) is 2.17. The van der Waals surface area contributed by atoms with E-state index in [1.807, 2.05) is 0 Å². The number of ether oxygens (including phenoxy) is 1. The fraction of sp³-hybridized carbons (Fsp3) is 0.917. The summed E-state index contributed by atoms with van der Waals surface area (Å²) < 4.78 is 5.33. The van der Waals surface area contributed by atoms with E-state index in [9.17, 15) is 4.79 Å². The lowest BCUT2D eigenvalue weighted by atomic mass is 9.88. The van der Waals surface area contributed by atoms with Gasteiger partial charge in [-0.15, -0.1) is 0 Å². The van der Waals surface area contributed by atoms with Gasteiger partial charge >= 0.3 is 0 Å². The van der Waals surface area contributed by atoms with Crippen molar-refractivity contribution in [3.8, 4) is 0 Å². The lowest BCUT2D eigenvalue weighted by Crippen LogP contribution is -2.41. The largest absolute Gasteiger partial charge is 0.380 e. The van der Waals surface area contributed by atoms with Gasteiger partial charge in [0.25, 0.3) is 0 Å². The zero-order valence-electron chi connectivity index (χ0n) is 10.2. The van der Waals surface area contributed by atoms with Gasteiger partial charge in [-0.25, -0.2) is 0 Å². The third-order valence-electron chi connectivity index (χ3n) is 3.41. The lowest BCUT2D eigenvalue weighted by Gasteiger charge is -2.31. The third-order valence-corrected chi connectivity index (χ3v) is 3.41. The van der Waals surface area contributed by atoms with Crippen molar-refractivity contribution in [3.05, 3.63) is 0 Å². The minimum atomic E-state index is -0.239. The Morgan fingerprint density at radius 2 is 2.33 bits per heavy atom. The molecule has 2 atom stereocenters. The van der Waals surface area contributed by atoms with E-state index in [1.54, 1.807) is 0 Å². The van der Waals surface area contributed by atoms with Crippen molar-refractivity contribution in [3.63, 3.8) is 0 Å². The quantitative estimate of drug-likeness (QED) is 0.629. The van der Waals surface area contributed by atoms with E-state index in [2.05, 4.69) is 25.8 Å². The summed E-state index contributed by atoms with van der Waals surface area (Å²) in [4.78, 5) is 13.4. The summed E-state index contributed by atoms with van der Waals surface area (Å²) in [5, 5.41) is 0. The van der Waals surface area contributed by atoms with Crippen molar-refractivity contribution in [1.82, 2.24) is 4.90 Å². The molecule has 0 spiro atoms. The second-order valence-electron chi connectivity index (χ2n) is 4.84. The molecular weight excluding hydrogens is 190 g/mol. The highest BCUT2D eigenvalue weighted by atomic mass is 16.5. The molecule has 0 saturated carbocycles. The van der Waals surface area contributed by atoms with Crippen LogP contribution in [-0.2, 0) is 9.53 Å². The Bertz CT molecular complexity index is 200. The van der Waals surface area contributed by atoms with Crippen LogP contribution in [0.5, 0.6) is 0 Å². The summed E-state index contributed by atoms with van der Waals surface area (Å²) in [5.41, 5.74) is -0.239. The number of hydrogen-bond acceptors (Lipinski definition) is 3. The molecule has 15 heavy (non-hydrogen) atoms. The molecule has 0 aliphatic carbocycles. The van der Waals surface area contributed by atoms with Crippen molar-refractivity contribution in [2.24, 2.45) is 5.41 Å². The summed E-state index contributed by atoms with van der Waals surface area (Å²) in [7, 11) is 2.10. The van der Waals surface area contributed by atoms with E-state index in [1.165, 1.54) is 12.8 Å². The highest BCUT2D eigenvalue weighted by Crippen LogP contribution is 2.27. The van der Waals surface area contributed by atoms with Gasteiger partial charge < -0.3 is 14.4 Å². The van der Waals surface area contributed by atoms with Crippen LogP contribution in [0.25, 0.3) is 0 Å². The van der Waals surface area contributed by atoms with Crippen molar-refractivity contribution >= 4 is 6.29 Å². The Hall–Kier alpha value is -0.410. The maximum Gasteiger partial charge on any atom is 0.129 e. The van der Waals surface area contributed by atoms with Crippen molar-refractivity contribution in [1.29, 1.82) is 0 Å². The molecule has 3 nitrogen and oxygen atoms in total. The number of hydrogen-bond donors (Lipinski definition) is 0. The molecule has 88 valence electrons. The number of carbonyl (C=O) groups excluding carboxylic acids is 1. The van der Waals surface area contributed by atoms with Crippen LogP contribution in [-0.4, -0.2) is 44.0 Å². The van der Waals surface area contributed by atoms with Crippen LogP contribution in [0.1, 0.15) is 33.1 Å². The Morgan fingerprint density at radius 1 is 1.60 bits per heavy atom.